The van der Waals surface area contributed by atoms with E-state index in [1.54, 1.807) is 7.11 Å². The Hall–Kier alpha value is -1.62. The Morgan fingerprint density at radius 1 is 1.59 bits per heavy atom. The van der Waals surface area contributed by atoms with E-state index in [9.17, 15) is 9.18 Å². The van der Waals surface area contributed by atoms with Crippen molar-refractivity contribution in [3.63, 3.8) is 0 Å². The predicted octanol–water partition coefficient (Wildman–Crippen LogP) is 2.36. The molecule has 1 aromatic carbocycles. The number of halogens is 1. The highest BCUT2D eigenvalue weighted by Crippen LogP contribution is 2.16. The minimum Gasteiger partial charge on any atom is -0.478 e. The number of hydrogen-bond acceptors (Lipinski definition) is 3. The number of aromatic carboxylic acids is 1. The molecule has 0 saturated heterocycles. The quantitative estimate of drug-likeness (QED) is 0.802. The first-order chi connectivity index (χ1) is 8.08. The molecule has 0 spiro atoms. The second-order valence-corrected chi connectivity index (χ2v) is 3.70. The summed E-state index contributed by atoms with van der Waals surface area (Å²) >= 11 is 0. The van der Waals surface area contributed by atoms with Crippen molar-refractivity contribution in [1.29, 1.82) is 0 Å². The average molecular weight is 241 g/mol. The van der Waals surface area contributed by atoms with Crippen LogP contribution in [0.2, 0.25) is 0 Å². The van der Waals surface area contributed by atoms with Gasteiger partial charge in [-0.05, 0) is 24.6 Å². The highest BCUT2D eigenvalue weighted by molar-refractivity contribution is 5.89. The molecule has 0 aliphatic carbocycles. The zero-order valence-electron chi connectivity index (χ0n) is 9.87. The van der Waals surface area contributed by atoms with Crippen molar-refractivity contribution in [3.8, 4) is 0 Å². The molecule has 5 heteroatoms. The normalized spacial score (nSPS) is 12.2. The number of hydrogen-bond donors (Lipinski definition) is 2. The van der Waals surface area contributed by atoms with Gasteiger partial charge in [-0.1, -0.05) is 6.92 Å². The minimum atomic E-state index is -1.27. The first-order valence-corrected chi connectivity index (χ1v) is 5.36. The van der Waals surface area contributed by atoms with Gasteiger partial charge in [0.15, 0.2) is 0 Å². The van der Waals surface area contributed by atoms with Crippen molar-refractivity contribution in [2.24, 2.45) is 0 Å². The predicted molar refractivity (Wildman–Crippen MR) is 62.9 cm³/mol. The lowest BCUT2D eigenvalue weighted by Crippen LogP contribution is -2.24. The Kier molecular flexibility index (Phi) is 4.90. The van der Waals surface area contributed by atoms with E-state index < -0.39 is 11.8 Å². The van der Waals surface area contributed by atoms with Gasteiger partial charge in [0.2, 0.25) is 0 Å². The van der Waals surface area contributed by atoms with E-state index >= 15 is 0 Å². The molecule has 0 aliphatic rings. The SMILES string of the molecule is CCC(COC)Nc1ccc(F)c(C(=O)O)c1. The summed E-state index contributed by atoms with van der Waals surface area (Å²) < 4.78 is 18.2. The summed E-state index contributed by atoms with van der Waals surface area (Å²) in [6.07, 6.45) is 0.827. The fourth-order valence-corrected chi connectivity index (χ4v) is 1.48. The summed E-state index contributed by atoms with van der Waals surface area (Å²) in [4.78, 5) is 10.8. The molecule has 0 heterocycles. The Bertz CT molecular complexity index is 395. The Morgan fingerprint density at radius 2 is 2.29 bits per heavy atom. The van der Waals surface area contributed by atoms with Gasteiger partial charge in [-0.2, -0.15) is 0 Å². The summed E-state index contributed by atoms with van der Waals surface area (Å²) in [5.74, 6) is -2.01. The van der Waals surface area contributed by atoms with Crippen LogP contribution < -0.4 is 5.32 Å². The monoisotopic (exact) mass is 241 g/mol. The van der Waals surface area contributed by atoms with Crippen LogP contribution in [-0.4, -0.2) is 30.8 Å². The van der Waals surface area contributed by atoms with Crippen molar-refractivity contribution < 1.29 is 19.0 Å². The maximum Gasteiger partial charge on any atom is 0.338 e. The van der Waals surface area contributed by atoms with Gasteiger partial charge in [0.1, 0.15) is 5.82 Å². The number of carboxylic acid groups (broad SMARTS) is 1. The van der Waals surface area contributed by atoms with Crippen LogP contribution in [0.25, 0.3) is 0 Å². The largest absolute Gasteiger partial charge is 0.478 e. The third kappa shape index (κ3) is 3.71. The first kappa shape index (κ1) is 13.4. The lowest BCUT2D eigenvalue weighted by atomic mass is 10.1. The molecule has 1 rings (SSSR count). The molecule has 0 aromatic heterocycles. The summed E-state index contributed by atoms with van der Waals surface area (Å²) in [6, 6.07) is 4.02. The highest BCUT2D eigenvalue weighted by Gasteiger charge is 2.12. The number of carbonyl (C=O) groups is 1. The van der Waals surface area contributed by atoms with Gasteiger partial charge in [0.05, 0.1) is 12.2 Å². The molecule has 94 valence electrons. The zero-order valence-corrected chi connectivity index (χ0v) is 9.87. The molecule has 1 aromatic rings. The van der Waals surface area contributed by atoms with Crippen LogP contribution in [0.4, 0.5) is 10.1 Å². The van der Waals surface area contributed by atoms with E-state index in [2.05, 4.69) is 5.32 Å². The number of methoxy groups -OCH3 is 1. The van der Waals surface area contributed by atoms with Crippen LogP contribution in [0.5, 0.6) is 0 Å². The van der Waals surface area contributed by atoms with Crippen molar-refractivity contribution in [2.75, 3.05) is 19.0 Å². The number of benzene rings is 1. The van der Waals surface area contributed by atoms with Crippen LogP contribution in [0.15, 0.2) is 18.2 Å². The maximum atomic E-state index is 13.2. The second-order valence-electron chi connectivity index (χ2n) is 3.70. The van der Waals surface area contributed by atoms with E-state index in [1.807, 2.05) is 6.92 Å². The van der Waals surface area contributed by atoms with Crippen molar-refractivity contribution >= 4 is 11.7 Å². The Morgan fingerprint density at radius 3 is 2.82 bits per heavy atom. The molecule has 0 fully saturated rings. The minimum absolute atomic E-state index is 0.0760. The van der Waals surface area contributed by atoms with E-state index in [0.29, 0.717) is 12.3 Å². The summed E-state index contributed by atoms with van der Waals surface area (Å²) in [7, 11) is 1.59. The third-order valence-corrected chi connectivity index (χ3v) is 2.43. The standard InChI is InChI=1S/C12H16FNO3/c1-3-8(7-17-2)14-9-4-5-11(13)10(6-9)12(15)16/h4-6,8,14H,3,7H2,1-2H3,(H,15,16). The van der Waals surface area contributed by atoms with Gasteiger partial charge >= 0.3 is 5.97 Å². The number of anilines is 1. The number of rotatable bonds is 6. The number of carboxylic acids is 1. The van der Waals surface area contributed by atoms with Crippen molar-refractivity contribution in [1.82, 2.24) is 0 Å². The summed E-state index contributed by atoms with van der Waals surface area (Å²) in [5, 5.41) is 11.9. The van der Waals surface area contributed by atoms with Crippen LogP contribution in [-0.2, 0) is 4.74 Å². The number of ether oxygens (including phenoxy) is 1. The molecule has 0 amide bonds. The van der Waals surface area contributed by atoms with Gasteiger partial charge in [-0.3, -0.25) is 0 Å². The van der Waals surface area contributed by atoms with Gasteiger partial charge < -0.3 is 15.2 Å². The van der Waals surface area contributed by atoms with Crippen LogP contribution in [0.3, 0.4) is 0 Å². The van der Waals surface area contributed by atoms with Crippen LogP contribution >= 0.6 is 0 Å². The highest BCUT2D eigenvalue weighted by atomic mass is 19.1. The van der Waals surface area contributed by atoms with Crippen molar-refractivity contribution in [2.45, 2.75) is 19.4 Å². The molecule has 0 saturated carbocycles. The maximum absolute atomic E-state index is 13.2. The molecule has 0 aliphatic heterocycles. The summed E-state index contributed by atoms with van der Waals surface area (Å²) in [5.41, 5.74) is 0.245. The van der Waals surface area contributed by atoms with E-state index in [0.717, 1.165) is 12.5 Å². The van der Waals surface area contributed by atoms with Crippen LogP contribution in [0.1, 0.15) is 23.7 Å². The average Bonchev–Trinajstić information content (AvgIpc) is 2.30. The molecule has 0 bridgehead atoms. The zero-order chi connectivity index (χ0) is 12.8. The Labute approximate surface area is 99.4 Å². The fourth-order valence-electron chi connectivity index (χ4n) is 1.48. The van der Waals surface area contributed by atoms with Gasteiger partial charge in [-0.15, -0.1) is 0 Å². The number of nitrogens with one attached hydrogen (secondary N) is 1. The molecule has 4 nitrogen and oxygen atoms in total. The smallest absolute Gasteiger partial charge is 0.338 e. The summed E-state index contributed by atoms with van der Waals surface area (Å²) in [6.45, 7) is 2.49. The van der Waals surface area contributed by atoms with Crippen LogP contribution in [0, 0.1) is 5.82 Å². The molecule has 1 atom stereocenters. The first-order valence-electron chi connectivity index (χ1n) is 5.36. The van der Waals surface area contributed by atoms with E-state index in [-0.39, 0.29) is 11.6 Å². The van der Waals surface area contributed by atoms with Gasteiger partial charge in [-0.25, -0.2) is 9.18 Å². The topological polar surface area (TPSA) is 58.6 Å². The molecule has 2 N–H and O–H groups in total. The molecule has 0 radical (unpaired) electrons. The second kappa shape index (κ2) is 6.20. The third-order valence-electron chi connectivity index (χ3n) is 2.43. The van der Waals surface area contributed by atoms with Gasteiger partial charge in [0, 0.05) is 18.8 Å². The molecule has 17 heavy (non-hydrogen) atoms. The van der Waals surface area contributed by atoms with Gasteiger partial charge in [0.25, 0.3) is 0 Å². The van der Waals surface area contributed by atoms with E-state index in [4.69, 9.17) is 9.84 Å². The fraction of sp³-hybridized carbons (Fsp3) is 0.417. The van der Waals surface area contributed by atoms with E-state index in [1.165, 1.54) is 12.1 Å². The molecule has 1 unspecified atom stereocenters. The molecular formula is C12H16FNO3. The lowest BCUT2D eigenvalue weighted by molar-refractivity contribution is 0.0692. The van der Waals surface area contributed by atoms with Crippen molar-refractivity contribution in [3.05, 3.63) is 29.6 Å². The lowest BCUT2D eigenvalue weighted by Gasteiger charge is -2.17. The Balaban J connectivity index is 2.84. The molecular weight excluding hydrogens is 225 g/mol.